The minimum Gasteiger partial charge on any atom is -0.379 e. The summed E-state index contributed by atoms with van der Waals surface area (Å²) in [6.07, 6.45) is 6.95. The third-order valence-corrected chi connectivity index (χ3v) is 3.45. The van der Waals surface area contributed by atoms with Crippen LogP contribution in [-0.2, 0) is 6.54 Å². The zero-order chi connectivity index (χ0) is 12.9. The summed E-state index contributed by atoms with van der Waals surface area (Å²) in [5.41, 5.74) is 3.10. The van der Waals surface area contributed by atoms with E-state index in [0.717, 1.165) is 22.0 Å². The molecule has 3 rings (SSSR count). The second-order valence-corrected chi connectivity index (χ2v) is 4.86. The zero-order valence-electron chi connectivity index (χ0n) is 10.2. The molecule has 0 spiro atoms. The van der Waals surface area contributed by atoms with Gasteiger partial charge >= 0.3 is 0 Å². The van der Waals surface area contributed by atoms with E-state index >= 15 is 0 Å². The Balaban J connectivity index is 1.74. The van der Waals surface area contributed by atoms with E-state index in [1.807, 2.05) is 23.7 Å². The average Bonchev–Trinajstić information content (AvgIpc) is 3.01. The summed E-state index contributed by atoms with van der Waals surface area (Å²) < 4.78 is 0. The minimum atomic E-state index is 0.662. The highest BCUT2D eigenvalue weighted by atomic mass is 32.1. The Morgan fingerprint density at radius 3 is 2.89 bits per heavy atom. The number of thiazole rings is 1. The summed E-state index contributed by atoms with van der Waals surface area (Å²) >= 11 is 1.64. The Morgan fingerprint density at radius 1 is 1.11 bits per heavy atom. The second-order valence-electron chi connectivity index (χ2n) is 3.97. The number of nitrogens with zero attached hydrogens (tertiary/aromatic N) is 3. The average molecular weight is 268 g/mol. The van der Waals surface area contributed by atoms with Gasteiger partial charge in [0.25, 0.3) is 0 Å². The zero-order valence-corrected chi connectivity index (χ0v) is 11.0. The Morgan fingerprint density at radius 2 is 2.11 bits per heavy atom. The summed E-state index contributed by atoms with van der Waals surface area (Å²) in [7, 11) is 0. The van der Waals surface area contributed by atoms with Crippen molar-refractivity contribution in [3.63, 3.8) is 0 Å². The molecule has 0 aliphatic carbocycles. The van der Waals surface area contributed by atoms with Crippen LogP contribution in [0.4, 0.5) is 5.69 Å². The van der Waals surface area contributed by atoms with Crippen LogP contribution < -0.4 is 5.32 Å². The van der Waals surface area contributed by atoms with Crippen LogP contribution in [0.25, 0.3) is 10.6 Å². The Labute approximate surface area is 115 Å². The maximum atomic E-state index is 4.31. The molecule has 1 N–H and O–H groups in total. The van der Waals surface area contributed by atoms with Crippen LogP contribution in [0.5, 0.6) is 0 Å². The van der Waals surface area contributed by atoms with Gasteiger partial charge in [-0.1, -0.05) is 12.1 Å². The van der Waals surface area contributed by atoms with Gasteiger partial charge in [-0.05, 0) is 12.1 Å². The number of hydrogen-bond donors (Lipinski definition) is 1. The van der Waals surface area contributed by atoms with Gasteiger partial charge in [0.1, 0.15) is 5.01 Å². The van der Waals surface area contributed by atoms with Crippen LogP contribution >= 0.6 is 11.3 Å². The number of aromatic nitrogens is 3. The van der Waals surface area contributed by atoms with Crippen molar-refractivity contribution in [1.82, 2.24) is 15.0 Å². The first-order chi connectivity index (χ1) is 9.42. The summed E-state index contributed by atoms with van der Waals surface area (Å²) in [6.45, 7) is 0.662. The van der Waals surface area contributed by atoms with Gasteiger partial charge in [0, 0.05) is 35.2 Å². The Hall–Kier alpha value is -2.27. The van der Waals surface area contributed by atoms with Crippen molar-refractivity contribution in [3.8, 4) is 10.6 Å². The molecule has 2 aromatic heterocycles. The highest BCUT2D eigenvalue weighted by molar-refractivity contribution is 7.13. The monoisotopic (exact) mass is 268 g/mol. The first kappa shape index (κ1) is 11.8. The fraction of sp³-hybridized carbons (Fsp3) is 0.0714. The Kier molecular flexibility index (Phi) is 3.47. The maximum absolute atomic E-state index is 4.31. The van der Waals surface area contributed by atoms with Crippen LogP contribution in [0.2, 0.25) is 0 Å². The quantitative estimate of drug-likeness (QED) is 0.789. The first-order valence-electron chi connectivity index (χ1n) is 5.90. The fourth-order valence-corrected chi connectivity index (χ4v) is 2.38. The molecule has 0 aliphatic heterocycles. The molecule has 19 heavy (non-hydrogen) atoms. The van der Waals surface area contributed by atoms with Gasteiger partial charge in [0.15, 0.2) is 0 Å². The fourth-order valence-electron chi connectivity index (χ4n) is 1.74. The predicted molar refractivity (Wildman–Crippen MR) is 76.9 cm³/mol. The number of benzene rings is 1. The van der Waals surface area contributed by atoms with Crippen LogP contribution in [0.3, 0.4) is 0 Å². The van der Waals surface area contributed by atoms with Crippen molar-refractivity contribution in [1.29, 1.82) is 0 Å². The number of anilines is 1. The molecule has 0 radical (unpaired) electrons. The molecule has 0 saturated heterocycles. The summed E-state index contributed by atoms with van der Waals surface area (Å²) in [5, 5.41) is 6.35. The molecule has 0 amide bonds. The number of hydrogen-bond acceptors (Lipinski definition) is 5. The van der Waals surface area contributed by atoms with Gasteiger partial charge in [-0.2, -0.15) is 0 Å². The maximum Gasteiger partial charge on any atom is 0.123 e. The highest BCUT2D eigenvalue weighted by Gasteiger charge is 2.01. The van der Waals surface area contributed by atoms with E-state index in [-0.39, 0.29) is 0 Å². The molecule has 0 aliphatic rings. The minimum absolute atomic E-state index is 0.662. The number of rotatable bonds is 4. The van der Waals surface area contributed by atoms with Crippen LogP contribution in [-0.4, -0.2) is 15.0 Å². The van der Waals surface area contributed by atoms with Crippen molar-refractivity contribution in [2.24, 2.45) is 0 Å². The standard InChI is InChI=1S/C14H12N4S/c1-2-11(14-17-6-7-19-14)8-12(3-1)18-10-13-9-15-4-5-16-13/h1-9,18H,10H2. The molecule has 4 nitrogen and oxygen atoms in total. The smallest absolute Gasteiger partial charge is 0.123 e. The molecule has 0 atom stereocenters. The van der Waals surface area contributed by atoms with Crippen molar-refractivity contribution < 1.29 is 0 Å². The van der Waals surface area contributed by atoms with Gasteiger partial charge in [-0.15, -0.1) is 11.3 Å². The van der Waals surface area contributed by atoms with Gasteiger partial charge in [0.2, 0.25) is 0 Å². The Bertz CT molecular complexity index is 638. The lowest BCUT2D eigenvalue weighted by Crippen LogP contribution is -2.01. The second kappa shape index (κ2) is 5.58. The predicted octanol–water partition coefficient (Wildman–Crippen LogP) is 3.21. The molecule has 3 aromatic rings. The number of nitrogens with one attached hydrogen (secondary N) is 1. The molecule has 5 heteroatoms. The molecule has 0 fully saturated rings. The van der Waals surface area contributed by atoms with Crippen molar-refractivity contribution in [2.45, 2.75) is 6.54 Å². The molecule has 0 saturated carbocycles. The molecular weight excluding hydrogens is 256 g/mol. The molecule has 2 heterocycles. The normalized spacial score (nSPS) is 10.3. The van der Waals surface area contributed by atoms with Gasteiger partial charge < -0.3 is 5.32 Å². The molecule has 94 valence electrons. The van der Waals surface area contributed by atoms with E-state index < -0.39 is 0 Å². The molecule has 1 aromatic carbocycles. The molecule has 0 unspecified atom stereocenters. The van der Waals surface area contributed by atoms with Crippen molar-refractivity contribution in [2.75, 3.05) is 5.32 Å². The van der Waals surface area contributed by atoms with E-state index in [2.05, 4.69) is 32.4 Å². The summed E-state index contributed by atoms with van der Waals surface area (Å²) in [5.74, 6) is 0. The lowest BCUT2D eigenvalue weighted by molar-refractivity contribution is 1.01. The van der Waals surface area contributed by atoms with Crippen LogP contribution in [0, 0.1) is 0 Å². The lowest BCUT2D eigenvalue weighted by Gasteiger charge is -2.06. The lowest BCUT2D eigenvalue weighted by atomic mass is 10.2. The topological polar surface area (TPSA) is 50.7 Å². The van der Waals surface area contributed by atoms with Crippen LogP contribution in [0.15, 0.2) is 54.4 Å². The van der Waals surface area contributed by atoms with Crippen molar-refractivity contribution in [3.05, 3.63) is 60.1 Å². The first-order valence-corrected chi connectivity index (χ1v) is 6.78. The van der Waals surface area contributed by atoms with E-state index in [9.17, 15) is 0 Å². The molecular formula is C14H12N4S. The van der Waals surface area contributed by atoms with E-state index in [1.165, 1.54) is 0 Å². The van der Waals surface area contributed by atoms with Crippen molar-refractivity contribution >= 4 is 17.0 Å². The third-order valence-electron chi connectivity index (χ3n) is 2.63. The molecule has 0 bridgehead atoms. The third kappa shape index (κ3) is 2.95. The van der Waals surface area contributed by atoms with Gasteiger partial charge in [-0.25, -0.2) is 4.98 Å². The summed E-state index contributed by atoms with van der Waals surface area (Å²) in [6, 6.07) is 8.21. The highest BCUT2D eigenvalue weighted by Crippen LogP contribution is 2.24. The van der Waals surface area contributed by atoms with E-state index in [1.54, 1.807) is 29.9 Å². The SMILES string of the molecule is c1cc(NCc2cnccn2)cc(-c2nccs2)c1. The van der Waals surface area contributed by atoms with E-state index in [4.69, 9.17) is 0 Å². The van der Waals surface area contributed by atoms with Crippen LogP contribution in [0.1, 0.15) is 5.69 Å². The van der Waals surface area contributed by atoms with Gasteiger partial charge in [-0.3, -0.25) is 9.97 Å². The summed E-state index contributed by atoms with van der Waals surface area (Å²) in [4.78, 5) is 12.6. The van der Waals surface area contributed by atoms with Gasteiger partial charge in [0.05, 0.1) is 18.4 Å². The largest absolute Gasteiger partial charge is 0.379 e. The van der Waals surface area contributed by atoms with E-state index in [0.29, 0.717) is 6.54 Å².